The van der Waals surface area contributed by atoms with Crippen LogP contribution in [-0.4, -0.2) is 9.78 Å². The number of nitrogens with one attached hydrogen (secondary N) is 1. The number of hydrogen-bond donors (Lipinski definition) is 1. The fourth-order valence-electron chi connectivity index (χ4n) is 1.85. The van der Waals surface area contributed by atoms with Crippen LogP contribution in [0.3, 0.4) is 0 Å². The molecule has 0 aliphatic rings. The standard InChI is InChI=1S/C14H18BrN3/c1-10(2)18-9-12(8-16-18)17-11(3)13-6-4-5-7-14(13)15/h4-11,17H,1-3H3. The van der Waals surface area contributed by atoms with E-state index < -0.39 is 0 Å². The molecule has 1 aromatic heterocycles. The summed E-state index contributed by atoms with van der Waals surface area (Å²) >= 11 is 3.58. The van der Waals surface area contributed by atoms with Crippen molar-refractivity contribution in [3.8, 4) is 0 Å². The van der Waals surface area contributed by atoms with Crippen LogP contribution in [0.25, 0.3) is 0 Å². The number of anilines is 1. The highest BCUT2D eigenvalue weighted by Gasteiger charge is 2.10. The fraction of sp³-hybridized carbons (Fsp3) is 0.357. The largest absolute Gasteiger partial charge is 0.376 e. The summed E-state index contributed by atoms with van der Waals surface area (Å²) in [6.45, 7) is 6.38. The lowest BCUT2D eigenvalue weighted by atomic mass is 10.1. The molecule has 0 saturated heterocycles. The van der Waals surface area contributed by atoms with E-state index in [9.17, 15) is 0 Å². The Morgan fingerprint density at radius 2 is 1.94 bits per heavy atom. The highest BCUT2D eigenvalue weighted by molar-refractivity contribution is 9.10. The molecule has 4 heteroatoms. The van der Waals surface area contributed by atoms with E-state index in [1.54, 1.807) is 0 Å². The van der Waals surface area contributed by atoms with Gasteiger partial charge in [0, 0.05) is 22.8 Å². The van der Waals surface area contributed by atoms with Crippen LogP contribution in [-0.2, 0) is 0 Å². The van der Waals surface area contributed by atoms with E-state index in [0.717, 1.165) is 10.2 Å². The van der Waals surface area contributed by atoms with Crippen LogP contribution in [0.1, 0.15) is 38.4 Å². The van der Waals surface area contributed by atoms with Crippen molar-refractivity contribution in [3.05, 3.63) is 46.7 Å². The smallest absolute Gasteiger partial charge is 0.0731 e. The summed E-state index contributed by atoms with van der Waals surface area (Å²) in [5.74, 6) is 0. The van der Waals surface area contributed by atoms with Gasteiger partial charge in [-0.3, -0.25) is 4.68 Å². The summed E-state index contributed by atoms with van der Waals surface area (Å²) in [5.41, 5.74) is 2.29. The second-order valence-electron chi connectivity index (χ2n) is 4.69. The van der Waals surface area contributed by atoms with Gasteiger partial charge in [0.1, 0.15) is 0 Å². The Morgan fingerprint density at radius 3 is 2.56 bits per heavy atom. The minimum absolute atomic E-state index is 0.241. The number of nitrogens with zero attached hydrogens (tertiary/aromatic N) is 2. The predicted molar refractivity (Wildman–Crippen MR) is 78.8 cm³/mol. The third-order valence-electron chi connectivity index (χ3n) is 2.89. The lowest BCUT2D eigenvalue weighted by Gasteiger charge is -2.15. The summed E-state index contributed by atoms with van der Waals surface area (Å²) in [7, 11) is 0. The quantitative estimate of drug-likeness (QED) is 0.907. The van der Waals surface area contributed by atoms with Gasteiger partial charge in [-0.05, 0) is 32.4 Å². The first-order chi connectivity index (χ1) is 8.58. The van der Waals surface area contributed by atoms with Crippen molar-refractivity contribution in [2.24, 2.45) is 0 Å². The Bertz CT molecular complexity index is 519. The van der Waals surface area contributed by atoms with E-state index >= 15 is 0 Å². The van der Waals surface area contributed by atoms with E-state index in [2.05, 4.69) is 65.3 Å². The molecule has 0 aliphatic heterocycles. The zero-order valence-corrected chi connectivity index (χ0v) is 12.5. The molecule has 0 aliphatic carbocycles. The van der Waals surface area contributed by atoms with Crippen molar-refractivity contribution in [3.63, 3.8) is 0 Å². The van der Waals surface area contributed by atoms with Crippen LogP contribution in [0.2, 0.25) is 0 Å². The molecule has 0 radical (unpaired) electrons. The number of benzene rings is 1. The molecule has 2 rings (SSSR count). The normalized spacial score (nSPS) is 12.7. The molecule has 0 spiro atoms. The summed E-state index contributed by atoms with van der Waals surface area (Å²) in [4.78, 5) is 0. The second-order valence-corrected chi connectivity index (χ2v) is 5.54. The van der Waals surface area contributed by atoms with Gasteiger partial charge < -0.3 is 5.32 Å². The molecular weight excluding hydrogens is 290 g/mol. The Hall–Kier alpha value is -1.29. The van der Waals surface area contributed by atoms with Crippen LogP contribution in [0.15, 0.2) is 41.1 Å². The third kappa shape index (κ3) is 2.93. The van der Waals surface area contributed by atoms with Crippen molar-refractivity contribution < 1.29 is 0 Å². The molecular formula is C14H18BrN3. The molecule has 0 saturated carbocycles. The average Bonchev–Trinajstić information content (AvgIpc) is 2.78. The van der Waals surface area contributed by atoms with Crippen LogP contribution in [0.4, 0.5) is 5.69 Å². The molecule has 18 heavy (non-hydrogen) atoms. The van der Waals surface area contributed by atoms with Gasteiger partial charge >= 0.3 is 0 Å². The van der Waals surface area contributed by atoms with Crippen molar-refractivity contribution in [1.82, 2.24) is 9.78 Å². The predicted octanol–water partition coefficient (Wildman–Crippen LogP) is 4.40. The molecule has 0 bridgehead atoms. The van der Waals surface area contributed by atoms with Gasteiger partial charge in [0.05, 0.1) is 11.9 Å². The minimum Gasteiger partial charge on any atom is -0.376 e. The van der Waals surface area contributed by atoms with E-state index in [1.165, 1.54) is 5.56 Å². The van der Waals surface area contributed by atoms with E-state index in [-0.39, 0.29) is 6.04 Å². The Labute approximate surface area is 116 Å². The highest BCUT2D eigenvalue weighted by atomic mass is 79.9. The van der Waals surface area contributed by atoms with Gasteiger partial charge in [0.2, 0.25) is 0 Å². The van der Waals surface area contributed by atoms with E-state index in [0.29, 0.717) is 6.04 Å². The average molecular weight is 308 g/mol. The van der Waals surface area contributed by atoms with Crippen LogP contribution >= 0.6 is 15.9 Å². The van der Waals surface area contributed by atoms with E-state index in [4.69, 9.17) is 0 Å². The number of hydrogen-bond acceptors (Lipinski definition) is 2. The fourth-order valence-corrected chi connectivity index (χ4v) is 2.48. The van der Waals surface area contributed by atoms with Gasteiger partial charge in [-0.2, -0.15) is 5.10 Å². The van der Waals surface area contributed by atoms with Gasteiger partial charge in [-0.15, -0.1) is 0 Å². The number of halogens is 1. The topological polar surface area (TPSA) is 29.9 Å². The zero-order valence-electron chi connectivity index (χ0n) is 10.9. The summed E-state index contributed by atoms with van der Waals surface area (Å²) in [6, 6.07) is 8.89. The van der Waals surface area contributed by atoms with Crippen molar-refractivity contribution in [2.45, 2.75) is 32.9 Å². The SMILES string of the molecule is CC(Nc1cnn(C(C)C)c1)c1ccccc1Br. The first-order valence-corrected chi connectivity index (χ1v) is 6.92. The highest BCUT2D eigenvalue weighted by Crippen LogP contribution is 2.26. The van der Waals surface area contributed by atoms with Gasteiger partial charge in [0.25, 0.3) is 0 Å². The van der Waals surface area contributed by atoms with Crippen molar-refractivity contribution in [2.75, 3.05) is 5.32 Å². The first-order valence-electron chi connectivity index (χ1n) is 6.13. The molecule has 1 atom stereocenters. The summed E-state index contributed by atoms with van der Waals surface area (Å²) in [6.07, 6.45) is 3.91. The Morgan fingerprint density at radius 1 is 1.22 bits per heavy atom. The Balaban J connectivity index is 2.11. The molecule has 1 heterocycles. The summed E-state index contributed by atoms with van der Waals surface area (Å²) in [5, 5.41) is 7.79. The third-order valence-corrected chi connectivity index (χ3v) is 3.61. The molecule has 1 N–H and O–H groups in total. The van der Waals surface area contributed by atoms with Crippen LogP contribution < -0.4 is 5.32 Å². The lowest BCUT2D eigenvalue weighted by molar-refractivity contribution is 0.532. The minimum atomic E-state index is 0.241. The lowest BCUT2D eigenvalue weighted by Crippen LogP contribution is -2.06. The maximum absolute atomic E-state index is 4.33. The Kier molecular flexibility index (Phi) is 4.07. The molecule has 1 unspecified atom stereocenters. The van der Waals surface area contributed by atoms with Gasteiger partial charge in [-0.25, -0.2) is 0 Å². The van der Waals surface area contributed by atoms with Crippen LogP contribution in [0, 0.1) is 0 Å². The molecule has 2 aromatic rings. The summed E-state index contributed by atoms with van der Waals surface area (Å²) < 4.78 is 3.08. The molecule has 0 fully saturated rings. The van der Waals surface area contributed by atoms with Crippen molar-refractivity contribution in [1.29, 1.82) is 0 Å². The monoisotopic (exact) mass is 307 g/mol. The second kappa shape index (κ2) is 5.57. The molecule has 96 valence electrons. The zero-order chi connectivity index (χ0) is 13.1. The number of rotatable bonds is 4. The van der Waals surface area contributed by atoms with Gasteiger partial charge in [-0.1, -0.05) is 34.1 Å². The first kappa shape index (κ1) is 13.1. The van der Waals surface area contributed by atoms with Crippen LogP contribution in [0.5, 0.6) is 0 Å². The maximum Gasteiger partial charge on any atom is 0.0731 e. The molecule has 3 nitrogen and oxygen atoms in total. The van der Waals surface area contributed by atoms with Crippen molar-refractivity contribution >= 4 is 21.6 Å². The number of aromatic nitrogens is 2. The maximum atomic E-state index is 4.33. The molecule has 1 aromatic carbocycles. The van der Waals surface area contributed by atoms with Gasteiger partial charge in [0.15, 0.2) is 0 Å². The molecule has 0 amide bonds. The van der Waals surface area contributed by atoms with E-state index in [1.807, 2.05) is 23.1 Å².